The van der Waals surface area contributed by atoms with Crippen molar-refractivity contribution in [2.75, 3.05) is 13.1 Å². The second-order valence-corrected chi connectivity index (χ2v) is 6.79. The van der Waals surface area contributed by atoms with E-state index in [9.17, 15) is 10.1 Å². The molecule has 1 fully saturated rings. The van der Waals surface area contributed by atoms with Gasteiger partial charge in [-0.25, -0.2) is 4.98 Å². The molecule has 1 aliphatic rings. The monoisotopic (exact) mass is 337 g/mol. The normalized spacial score (nSPS) is 20.6. The second-order valence-electron chi connectivity index (χ2n) is 6.79. The topological polar surface area (TPSA) is 76.3 Å². The van der Waals surface area contributed by atoms with Crippen LogP contribution >= 0.6 is 0 Å². The van der Waals surface area contributed by atoms with Gasteiger partial charge in [0.1, 0.15) is 12.4 Å². The molecule has 2 atom stereocenters. The summed E-state index contributed by atoms with van der Waals surface area (Å²) in [5.41, 5.74) is 3.30. The van der Waals surface area contributed by atoms with Crippen molar-refractivity contribution in [1.82, 2.24) is 9.97 Å². The average Bonchev–Trinajstić information content (AvgIpc) is 3.06. The van der Waals surface area contributed by atoms with Crippen molar-refractivity contribution in [2.24, 2.45) is 0 Å². The minimum absolute atomic E-state index is 0.169. The standard InChI is InChI=1S/C19H20N4O2/c24-23(25)16-7-3-5-14(11-16)12-22-10-4-6-15(13-22)19-20-17-8-1-2-9-18(17)21-19/h1-3,5,7-9,11,15H,4,6,10,12-13H2,(H,20,21)/p+1/t15-/m1/s1. The number of H-pyrrole nitrogens is 1. The Bertz CT molecular complexity index is 872. The summed E-state index contributed by atoms with van der Waals surface area (Å²) in [4.78, 5) is 20.3. The molecule has 0 bridgehead atoms. The van der Waals surface area contributed by atoms with Crippen LogP contribution in [0, 0.1) is 10.1 Å². The van der Waals surface area contributed by atoms with Crippen molar-refractivity contribution >= 4 is 16.7 Å². The maximum Gasteiger partial charge on any atom is 0.269 e. The number of para-hydroxylation sites is 2. The summed E-state index contributed by atoms with van der Waals surface area (Å²) in [6.07, 6.45) is 2.28. The largest absolute Gasteiger partial charge is 0.342 e. The highest BCUT2D eigenvalue weighted by Crippen LogP contribution is 2.22. The Balaban J connectivity index is 1.49. The third-order valence-electron chi connectivity index (χ3n) is 4.99. The number of hydrogen-bond donors (Lipinski definition) is 2. The summed E-state index contributed by atoms with van der Waals surface area (Å²) in [5.74, 6) is 1.48. The molecule has 1 unspecified atom stereocenters. The number of rotatable bonds is 4. The lowest BCUT2D eigenvalue weighted by molar-refractivity contribution is -0.920. The van der Waals surface area contributed by atoms with Gasteiger partial charge in [-0.1, -0.05) is 24.3 Å². The summed E-state index contributed by atoms with van der Waals surface area (Å²) in [6.45, 7) is 2.92. The molecule has 0 spiro atoms. The predicted octanol–water partition coefficient (Wildman–Crippen LogP) is 2.43. The quantitative estimate of drug-likeness (QED) is 0.567. The molecule has 1 aromatic heterocycles. The fourth-order valence-corrected chi connectivity index (χ4v) is 3.78. The maximum atomic E-state index is 11.0. The summed E-state index contributed by atoms with van der Waals surface area (Å²) < 4.78 is 0. The van der Waals surface area contributed by atoms with Crippen LogP contribution in [0.1, 0.15) is 30.1 Å². The Labute approximate surface area is 145 Å². The summed E-state index contributed by atoms with van der Waals surface area (Å²) in [7, 11) is 0. The Morgan fingerprint density at radius 1 is 1.24 bits per heavy atom. The number of non-ortho nitro benzene ring substituents is 1. The van der Waals surface area contributed by atoms with Crippen LogP contribution in [0.2, 0.25) is 0 Å². The third kappa shape index (κ3) is 3.39. The van der Waals surface area contributed by atoms with E-state index in [-0.39, 0.29) is 10.6 Å². The van der Waals surface area contributed by atoms with Gasteiger partial charge in [0, 0.05) is 17.7 Å². The molecule has 128 valence electrons. The molecule has 2 aromatic carbocycles. The molecular weight excluding hydrogens is 316 g/mol. The number of imidazole rings is 1. The summed E-state index contributed by atoms with van der Waals surface area (Å²) in [5, 5.41) is 11.0. The van der Waals surface area contributed by atoms with Gasteiger partial charge in [-0.3, -0.25) is 10.1 Å². The smallest absolute Gasteiger partial charge is 0.269 e. The highest BCUT2D eigenvalue weighted by molar-refractivity contribution is 5.74. The molecule has 6 heteroatoms. The van der Waals surface area contributed by atoms with E-state index in [1.54, 1.807) is 18.2 Å². The van der Waals surface area contributed by atoms with Crippen molar-refractivity contribution < 1.29 is 9.82 Å². The van der Waals surface area contributed by atoms with Gasteiger partial charge >= 0.3 is 0 Å². The summed E-state index contributed by atoms with van der Waals surface area (Å²) in [6, 6.07) is 15.1. The zero-order valence-corrected chi connectivity index (χ0v) is 13.9. The first-order chi connectivity index (χ1) is 12.2. The van der Waals surface area contributed by atoms with Crippen LogP contribution in [0.4, 0.5) is 5.69 Å². The number of nitro benzene ring substituents is 1. The number of fused-ring (bicyclic) bond motifs is 1. The number of aromatic amines is 1. The van der Waals surface area contributed by atoms with Crippen molar-refractivity contribution in [1.29, 1.82) is 0 Å². The lowest BCUT2D eigenvalue weighted by Gasteiger charge is -2.28. The number of aromatic nitrogens is 2. The first kappa shape index (κ1) is 15.8. The van der Waals surface area contributed by atoms with Crippen molar-refractivity contribution in [3.8, 4) is 0 Å². The molecule has 4 rings (SSSR count). The van der Waals surface area contributed by atoms with Crippen LogP contribution < -0.4 is 4.90 Å². The Kier molecular flexibility index (Phi) is 4.19. The van der Waals surface area contributed by atoms with Crippen LogP contribution in [0.3, 0.4) is 0 Å². The van der Waals surface area contributed by atoms with Crippen molar-refractivity contribution in [2.45, 2.75) is 25.3 Å². The van der Waals surface area contributed by atoms with Crippen LogP contribution in [-0.4, -0.2) is 28.0 Å². The van der Waals surface area contributed by atoms with E-state index in [1.807, 2.05) is 24.3 Å². The Hall–Kier alpha value is -2.73. The number of nitro groups is 1. The molecule has 0 radical (unpaired) electrons. The van der Waals surface area contributed by atoms with E-state index in [0.29, 0.717) is 5.92 Å². The van der Waals surface area contributed by atoms with E-state index in [2.05, 4.69) is 11.1 Å². The molecule has 25 heavy (non-hydrogen) atoms. The lowest BCUT2D eigenvalue weighted by Crippen LogP contribution is -3.12. The highest BCUT2D eigenvalue weighted by Gasteiger charge is 2.27. The molecule has 2 heterocycles. The van der Waals surface area contributed by atoms with Crippen molar-refractivity contribution in [3.05, 3.63) is 70.0 Å². The van der Waals surface area contributed by atoms with Gasteiger partial charge in [0.15, 0.2) is 0 Å². The second kappa shape index (κ2) is 6.64. The first-order valence-electron chi connectivity index (χ1n) is 8.70. The number of piperidine rings is 1. The molecule has 1 saturated heterocycles. The van der Waals surface area contributed by atoms with Gasteiger partial charge in [0.05, 0.1) is 35.0 Å². The van der Waals surface area contributed by atoms with Crippen LogP contribution in [0.5, 0.6) is 0 Å². The number of quaternary nitrogens is 1. The van der Waals surface area contributed by atoms with E-state index >= 15 is 0 Å². The van der Waals surface area contributed by atoms with Crippen LogP contribution in [-0.2, 0) is 6.54 Å². The highest BCUT2D eigenvalue weighted by atomic mass is 16.6. The predicted molar refractivity (Wildman–Crippen MR) is 95.6 cm³/mol. The van der Waals surface area contributed by atoms with E-state index < -0.39 is 0 Å². The molecule has 1 aliphatic heterocycles. The summed E-state index contributed by atoms with van der Waals surface area (Å²) >= 11 is 0. The van der Waals surface area contributed by atoms with Gasteiger partial charge in [-0.05, 0) is 25.0 Å². The molecule has 0 aliphatic carbocycles. The molecule has 2 N–H and O–H groups in total. The van der Waals surface area contributed by atoms with Crippen LogP contribution in [0.15, 0.2) is 48.5 Å². The zero-order valence-electron chi connectivity index (χ0n) is 13.9. The molecule has 0 saturated carbocycles. The molecule has 0 amide bonds. The van der Waals surface area contributed by atoms with Crippen molar-refractivity contribution in [3.63, 3.8) is 0 Å². The van der Waals surface area contributed by atoms with Gasteiger partial charge in [-0.2, -0.15) is 0 Å². The Morgan fingerprint density at radius 3 is 2.96 bits per heavy atom. The molecule has 3 aromatic rings. The fourth-order valence-electron chi connectivity index (χ4n) is 3.78. The number of likely N-dealkylation sites (tertiary alicyclic amines) is 1. The number of nitrogens with zero attached hydrogens (tertiary/aromatic N) is 2. The maximum absolute atomic E-state index is 11.0. The van der Waals surface area contributed by atoms with Gasteiger partial charge in [-0.15, -0.1) is 0 Å². The number of nitrogens with one attached hydrogen (secondary N) is 2. The van der Waals surface area contributed by atoms with Gasteiger partial charge in [0.25, 0.3) is 5.69 Å². The van der Waals surface area contributed by atoms with E-state index in [0.717, 1.165) is 54.9 Å². The SMILES string of the molecule is O=[N+]([O-])c1cccc(C[NH+]2CCC[C@@H](c3nc4ccccc4[nH]3)C2)c1. The fraction of sp³-hybridized carbons (Fsp3) is 0.316. The number of hydrogen-bond acceptors (Lipinski definition) is 3. The van der Waals surface area contributed by atoms with Gasteiger partial charge < -0.3 is 9.88 Å². The average molecular weight is 337 g/mol. The molecular formula is C19H21N4O2+. The van der Waals surface area contributed by atoms with Gasteiger partial charge in [0.2, 0.25) is 0 Å². The third-order valence-corrected chi connectivity index (χ3v) is 4.99. The Morgan fingerprint density at radius 2 is 2.12 bits per heavy atom. The molecule has 6 nitrogen and oxygen atoms in total. The van der Waals surface area contributed by atoms with E-state index in [1.165, 1.54) is 4.90 Å². The minimum Gasteiger partial charge on any atom is -0.342 e. The van der Waals surface area contributed by atoms with E-state index in [4.69, 9.17) is 4.98 Å². The minimum atomic E-state index is -0.327. The first-order valence-corrected chi connectivity index (χ1v) is 8.70. The number of benzene rings is 2. The van der Waals surface area contributed by atoms with Crippen LogP contribution in [0.25, 0.3) is 11.0 Å². The lowest BCUT2D eigenvalue weighted by atomic mass is 9.97. The zero-order chi connectivity index (χ0) is 17.2.